The number of fused-ring (bicyclic) bond motifs is 1. The first-order valence-electron chi connectivity index (χ1n) is 14.1. The summed E-state index contributed by atoms with van der Waals surface area (Å²) in [5, 5.41) is 9.05. The SMILES string of the molecule is COc1cnc2c(c1)N(C1CCN(C(=O)c3ccc(-c4ccccc4O[C@H](C)CC(=O)O)cc3F)CC1)C(=O)C(C)(C)O2. The van der Waals surface area contributed by atoms with Gasteiger partial charge in [0.1, 0.15) is 29.1 Å². The molecule has 226 valence electrons. The van der Waals surface area contributed by atoms with Crippen LogP contribution in [0.4, 0.5) is 10.1 Å². The fourth-order valence-electron chi connectivity index (χ4n) is 5.50. The molecule has 11 heteroatoms. The van der Waals surface area contributed by atoms with Gasteiger partial charge in [0.15, 0.2) is 5.60 Å². The number of carboxylic acids is 1. The van der Waals surface area contributed by atoms with Crippen LogP contribution in [0.2, 0.25) is 0 Å². The molecule has 1 saturated heterocycles. The van der Waals surface area contributed by atoms with Crippen LogP contribution in [0.5, 0.6) is 17.4 Å². The molecule has 0 saturated carbocycles. The number of para-hydroxylation sites is 1. The molecular weight excluding hydrogens is 557 g/mol. The zero-order chi connectivity index (χ0) is 30.9. The van der Waals surface area contributed by atoms with Gasteiger partial charge in [-0.3, -0.25) is 14.4 Å². The lowest BCUT2D eigenvalue weighted by Crippen LogP contribution is -2.58. The first kappa shape index (κ1) is 29.8. The van der Waals surface area contributed by atoms with Gasteiger partial charge in [-0.25, -0.2) is 9.37 Å². The maximum Gasteiger partial charge on any atom is 0.307 e. The van der Waals surface area contributed by atoms with Crippen molar-refractivity contribution in [3.63, 3.8) is 0 Å². The molecule has 1 N–H and O–H groups in total. The highest BCUT2D eigenvalue weighted by atomic mass is 19.1. The number of carbonyl (C=O) groups is 3. The maximum absolute atomic E-state index is 15.4. The highest BCUT2D eigenvalue weighted by Crippen LogP contribution is 2.41. The number of pyridine rings is 1. The standard InChI is InChI=1S/C32H34FN3O7/c1-19(15-28(37)38)42-27-8-6-5-7-23(27)20-9-10-24(25(33)16-20)30(39)35-13-11-21(12-14-35)36-26-17-22(41-4)18-34-29(26)43-32(2,3)31(36)40/h5-10,16-19,21H,11-15H2,1-4H3,(H,37,38)/t19-/m1/s1. The average molecular weight is 592 g/mol. The lowest BCUT2D eigenvalue weighted by atomic mass is 9.96. The molecule has 43 heavy (non-hydrogen) atoms. The van der Waals surface area contributed by atoms with Crippen molar-refractivity contribution in [3.8, 4) is 28.5 Å². The smallest absolute Gasteiger partial charge is 0.307 e. The van der Waals surface area contributed by atoms with Crippen LogP contribution in [0.3, 0.4) is 0 Å². The summed E-state index contributed by atoms with van der Waals surface area (Å²) in [6.07, 6.45) is 1.75. The minimum absolute atomic E-state index is 0.0530. The third-order valence-corrected chi connectivity index (χ3v) is 7.69. The number of ether oxygens (including phenoxy) is 3. The van der Waals surface area contributed by atoms with Gasteiger partial charge in [-0.15, -0.1) is 0 Å². The zero-order valence-corrected chi connectivity index (χ0v) is 24.5. The summed E-state index contributed by atoms with van der Waals surface area (Å²) in [5.41, 5.74) is 0.453. The molecule has 0 radical (unpaired) electrons. The molecular formula is C32H34FN3O7. The second-order valence-electron chi connectivity index (χ2n) is 11.2. The van der Waals surface area contributed by atoms with E-state index < -0.39 is 29.4 Å². The molecule has 0 bridgehead atoms. The van der Waals surface area contributed by atoms with Gasteiger partial charge >= 0.3 is 5.97 Å². The number of halogens is 1. The molecule has 0 unspecified atom stereocenters. The van der Waals surface area contributed by atoms with Crippen LogP contribution in [0.1, 0.15) is 50.4 Å². The molecule has 2 aromatic carbocycles. The van der Waals surface area contributed by atoms with E-state index >= 15 is 4.39 Å². The number of aromatic nitrogens is 1. The van der Waals surface area contributed by atoms with E-state index in [0.29, 0.717) is 60.1 Å². The highest BCUT2D eigenvalue weighted by Gasteiger charge is 2.45. The summed E-state index contributed by atoms with van der Waals surface area (Å²) in [4.78, 5) is 45.5. The molecule has 2 aliphatic heterocycles. The second kappa shape index (κ2) is 11.9. The molecule has 1 aromatic heterocycles. The topological polar surface area (TPSA) is 119 Å². The van der Waals surface area contributed by atoms with Gasteiger partial charge < -0.3 is 29.1 Å². The summed E-state index contributed by atoms with van der Waals surface area (Å²) in [7, 11) is 1.52. The molecule has 0 aliphatic carbocycles. The third kappa shape index (κ3) is 6.11. The van der Waals surface area contributed by atoms with Crippen molar-refractivity contribution < 1.29 is 38.1 Å². The largest absolute Gasteiger partial charge is 0.495 e. The molecule has 10 nitrogen and oxygen atoms in total. The quantitative estimate of drug-likeness (QED) is 0.391. The summed E-state index contributed by atoms with van der Waals surface area (Å²) in [6, 6.07) is 12.9. The number of aliphatic carboxylic acids is 1. The lowest BCUT2D eigenvalue weighted by Gasteiger charge is -2.44. The van der Waals surface area contributed by atoms with Crippen molar-refractivity contribution in [2.45, 2.75) is 57.8 Å². The fraction of sp³-hybridized carbons (Fsp3) is 0.375. The molecule has 2 aliphatic rings. The first-order valence-corrected chi connectivity index (χ1v) is 14.1. The van der Waals surface area contributed by atoms with E-state index in [4.69, 9.17) is 19.3 Å². The molecule has 1 atom stereocenters. The number of benzene rings is 2. The highest BCUT2D eigenvalue weighted by molar-refractivity contribution is 6.02. The van der Waals surface area contributed by atoms with Crippen LogP contribution >= 0.6 is 0 Å². The van der Waals surface area contributed by atoms with Crippen LogP contribution in [-0.2, 0) is 9.59 Å². The van der Waals surface area contributed by atoms with Gasteiger partial charge in [-0.05, 0) is 57.4 Å². The lowest BCUT2D eigenvalue weighted by molar-refractivity contribution is -0.138. The molecule has 0 spiro atoms. The third-order valence-electron chi connectivity index (χ3n) is 7.69. The van der Waals surface area contributed by atoms with Gasteiger partial charge in [0, 0.05) is 30.8 Å². The molecule has 3 aromatic rings. The summed E-state index contributed by atoms with van der Waals surface area (Å²) in [5.74, 6) is -1.03. The van der Waals surface area contributed by atoms with E-state index in [2.05, 4.69) is 4.98 Å². The van der Waals surface area contributed by atoms with Crippen LogP contribution in [0.25, 0.3) is 11.1 Å². The number of nitrogens with zero attached hydrogens (tertiary/aromatic N) is 3. The van der Waals surface area contributed by atoms with Crippen LogP contribution in [0, 0.1) is 5.82 Å². The number of rotatable bonds is 8. The van der Waals surface area contributed by atoms with E-state index in [9.17, 15) is 14.4 Å². The van der Waals surface area contributed by atoms with E-state index in [1.807, 2.05) is 0 Å². The number of hydrogen-bond donors (Lipinski definition) is 1. The number of hydrogen-bond acceptors (Lipinski definition) is 7. The summed E-state index contributed by atoms with van der Waals surface area (Å²) in [6.45, 7) is 5.72. The van der Waals surface area contributed by atoms with Gasteiger partial charge in [0.25, 0.3) is 11.8 Å². The Bertz CT molecular complexity index is 1550. The van der Waals surface area contributed by atoms with Crippen molar-refractivity contribution in [1.82, 2.24) is 9.88 Å². The Hall–Kier alpha value is -4.67. The predicted octanol–water partition coefficient (Wildman–Crippen LogP) is 4.95. The number of methoxy groups -OCH3 is 1. The van der Waals surface area contributed by atoms with Crippen molar-refractivity contribution in [3.05, 3.63) is 66.1 Å². The van der Waals surface area contributed by atoms with E-state index in [-0.39, 0.29) is 23.9 Å². The Kier molecular flexibility index (Phi) is 8.25. The van der Waals surface area contributed by atoms with Crippen molar-refractivity contribution in [2.75, 3.05) is 25.1 Å². The van der Waals surface area contributed by atoms with E-state index in [0.717, 1.165) is 0 Å². The van der Waals surface area contributed by atoms with Gasteiger partial charge in [0.05, 0.1) is 25.3 Å². The zero-order valence-electron chi connectivity index (χ0n) is 24.5. The Morgan fingerprint density at radius 3 is 2.56 bits per heavy atom. The number of amides is 2. The molecule has 3 heterocycles. The van der Waals surface area contributed by atoms with E-state index in [1.165, 1.54) is 25.4 Å². The average Bonchev–Trinajstić information content (AvgIpc) is 2.97. The van der Waals surface area contributed by atoms with E-state index in [1.54, 1.807) is 67.0 Å². The van der Waals surface area contributed by atoms with Gasteiger partial charge in [0.2, 0.25) is 5.88 Å². The monoisotopic (exact) mass is 591 g/mol. The van der Waals surface area contributed by atoms with Crippen molar-refractivity contribution in [2.24, 2.45) is 0 Å². The Labute approximate surface area is 249 Å². The number of carboxylic acid groups (broad SMARTS) is 1. The summed E-state index contributed by atoms with van der Waals surface area (Å²) >= 11 is 0. The number of likely N-dealkylation sites (tertiary alicyclic amines) is 1. The van der Waals surface area contributed by atoms with Gasteiger partial charge in [-0.1, -0.05) is 24.3 Å². The maximum atomic E-state index is 15.4. The van der Waals surface area contributed by atoms with Crippen LogP contribution in [-0.4, -0.2) is 70.7 Å². The molecule has 2 amide bonds. The Balaban J connectivity index is 1.30. The predicted molar refractivity (Wildman–Crippen MR) is 156 cm³/mol. The minimum atomic E-state index is -1.11. The number of anilines is 1. The minimum Gasteiger partial charge on any atom is -0.495 e. The number of piperidine rings is 1. The Morgan fingerprint density at radius 1 is 1.16 bits per heavy atom. The molecule has 5 rings (SSSR count). The van der Waals surface area contributed by atoms with Gasteiger partial charge in [-0.2, -0.15) is 0 Å². The second-order valence-corrected chi connectivity index (χ2v) is 11.2. The van der Waals surface area contributed by atoms with Crippen molar-refractivity contribution >= 4 is 23.5 Å². The Morgan fingerprint density at radius 2 is 1.88 bits per heavy atom. The fourth-order valence-corrected chi connectivity index (χ4v) is 5.50. The molecule has 1 fully saturated rings. The van der Waals surface area contributed by atoms with Crippen LogP contribution in [0.15, 0.2) is 54.7 Å². The summed E-state index contributed by atoms with van der Waals surface area (Å²) < 4.78 is 32.4. The first-order chi connectivity index (χ1) is 20.5. The van der Waals surface area contributed by atoms with Crippen molar-refractivity contribution in [1.29, 1.82) is 0 Å². The number of carbonyl (C=O) groups excluding carboxylic acids is 2. The van der Waals surface area contributed by atoms with Crippen LogP contribution < -0.4 is 19.1 Å². The normalized spacial score (nSPS) is 17.1.